The third kappa shape index (κ3) is 4.62. The van der Waals surface area contributed by atoms with Gasteiger partial charge in [0.1, 0.15) is 5.78 Å². The van der Waals surface area contributed by atoms with Crippen molar-refractivity contribution in [1.82, 2.24) is 4.90 Å². The molecule has 1 aliphatic heterocycles. The molecular formula is C19H31NO3S. The second-order valence-electron chi connectivity index (χ2n) is 7.67. The van der Waals surface area contributed by atoms with Crippen LogP contribution < -0.4 is 0 Å². The number of carbonyl (C=O) groups is 3. The second-order valence-corrected chi connectivity index (χ2v) is 9.31. The van der Waals surface area contributed by atoms with Gasteiger partial charge in [-0.25, -0.2) is 0 Å². The van der Waals surface area contributed by atoms with E-state index in [0.29, 0.717) is 29.9 Å². The Bertz CT molecular complexity index is 483. The highest BCUT2D eigenvalue weighted by Gasteiger charge is 2.41. The summed E-state index contributed by atoms with van der Waals surface area (Å²) in [5, 5.41) is 0.218. The number of nitrogens with zero attached hydrogens (tertiary/aromatic N) is 1. The number of imide groups is 1. The van der Waals surface area contributed by atoms with Crippen LogP contribution in [-0.2, 0) is 14.4 Å². The number of hydrogen-bond donors (Lipinski definition) is 0. The van der Waals surface area contributed by atoms with Gasteiger partial charge in [0.15, 0.2) is 0 Å². The number of thioether (sulfide) groups is 1. The Morgan fingerprint density at radius 3 is 2.33 bits per heavy atom. The maximum Gasteiger partial charge on any atom is 0.242 e. The van der Waals surface area contributed by atoms with Gasteiger partial charge in [-0.3, -0.25) is 19.3 Å². The number of Topliss-reactive ketones (excluding diaryl/α,β-unsaturated/α-hetero) is 1. The molecule has 0 aromatic carbocycles. The quantitative estimate of drug-likeness (QED) is 0.655. The number of carbonyl (C=O) groups excluding carboxylic acids is 3. The smallest absolute Gasteiger partial charge is 0.242 e. The molecule has 0 aromatic heterocycles. The van der Waals surface area contributed by atoms with Gasteiger partial charge in [0.05, 0.1) is 5.25 Å². The van der Waals surface area contributed by atoms with Crippen molar-refractivity contribution in [3.8, 4) is 0 Å². The van der Waals surface area contributed by atoms with Gasteiger partial charge in [-0.15, -0.1) is 11.8 Å². The van der Waals surface area contributed by atoms with Crippen LogP contribution in [0.2, 0.25) is 0 Å². The normalized spacial score (nSPS) is 29.4. The molecule has 1 heterocycles. The van der Waals surface area contributed by atoms with E-state index in [-0.39, 0.29) is 28.9 Å². The topological polar surface area (TPSA) is 54.5 Å². The van der Waals surface area contributed by atoms with Crippen molar-refractivity contribution in [3.63, 3.8) is 0 Å². The highest BCUT2D eigenvalue weighted by molar-refractivity contribution is 8.01. The van der Waals surface area contributed by atoms with Crippen LogP contribution in [0.3, 0.4) is 0 Å². The Morgan fingerprint density at radius 2 is 1.79 bits per heavy atom. The molecule has 1 saturated heterocycles. The second kappa shape index (κ2) is 8.50. The summed E-state index contributed by atoms with van der Waals surface area (Å²) in [5.74, 6) is 1.01. The van der Waals surface area contributed by atoms with Crippen molar-refractivity contribution in [2.45, 2.75) is 76.7 Å². The molecule has 0 N–H and O–H groups in total. The lowest BCUT2D eigenvalue weighted by atomic mass is 9.77. The first kappa shape index (κ1) is 19.5. The minimum Gasteiger partial charge on any atom is -0.299 e. The predicted molar refractivity (Wildman–Crippen MR) is 97.8 cm³/mol. The molecule has 1 saturated carbocycles. The molecule has 0 spiro atoms. The number of amides is 2. The number of ketones is 1. The van der Waals surface area contributed by atoms with E-state index in [4.69, 9.17) is 0 Å². The van der Waals surface area contributed by atoms with Crippen LogP contribution in [0.25, 0.3) is 0 Å². The van der Waals surface area contributed by atoms with E-state index in [2.05, 4.69) is 13.8 Å². The van der Waals surface area contributed by atoms with Crippen molar-refractivity contribution in [2.24, 2.45) is 17.8 Å². The molecule has 2 unspecified atom stereocenters. The number of likely N-dealkylation sites (tertiary alicyclic amines) is 1. The first-order valence-electron chi connectivity index (χ1n) is 9.36. The lowest BCUT2D eigenvalue weighted by Crippen LogP contribution is -2.37. The van der Waals surface area contributed by atoms with Gasteiger partial charge in [0.2, 0.25) is 11.8 Å². The average molecular weight is 354 g/mol. The van der Waals surface area contributed by atoms with E-state index in [1.54, 1.807) is 11.8 Å². The third-order valence-corrected chi connectivity index (χ3v) is 6.93. The van der Waals surface area contributed by atoms with Crippen LogP contribution in [0, 0.1) is 17.8 Å². The summed E-state index contributed by atoms with van der Waals surface area (Å²) >= 11 is 1.64. The summed E-state index contributed by atoms with van der Waals surface area (Å²) in [7, 11) is 0. The first-order chi connectivity index (χ1) is 11.3. The van der Waals surface area contributed by atoms with Crippen molar-refractivity contribution in [3.05, 3.63) is 0 Å². The molecule has 2 fully saturated rings. The van der Waals surface area contributed by atoms with Crippen LogP contribution >= 0.6 is 11.8 Å². The summed E-state index contributed by atoms with van der Waals surface area (Å²) in [5.41, 5.74) is 0. The Labute approximate surface area is 150 Å². The zero-order valence-corrected chi connectivity index (χ0v) is 16.2. The highest BCUT2D eigenvalue weighted by atomic mass is 32.2. The van der Waals surface area contributed by atoms with Crippen molar-refractivity contribution in [2.75, 3.05) is 6.54 Å². The summed E-state index contributed by atoms with van der Waals surface area (Å²) in [6.07, 6.45) is 5.07. The molecule has 0 bridgehead atoms. The molecule has 2 rings (SSSR count). The summed E-state index contributed by atoms with van der Waals surface area (Å²) < 4.78 is 0. The number of rotatable bonds is 7. The van der Waals surface area contributed by atoms with Gasteiger partial charge >= 0.3 is 0 Å². The molecule has 2 atom stereocenters. The first-order valence-corrected chi connectivity index (χ1v) is 10.3. The molecule has 24 heavy (non-hydrogen) atoms. The molecule has 4 nitrogen and oxygen atoms in total. The maximum absolute atomic E-state index is 12.5. The molecule has 2 aliphatic rings. The molecule has 2 amide bonds. The van der Waals surface area contributed by atoms with Gasteiger partial charge in [-0.05, 0) is 38.0 Å². The van der Waals surface area contributed by atoms with Crippen LogP contribution in [0.1, 0.15) is 66.2 Å². The lowest BCUT2D eigenvalue weighted by Gasteiger charge is -2.30. The molecule has 136 valence electrons. The largest absolute Gasteiger partial charge is 0.299 e. The summed E-state index contributed by atoms with van der Waals surface area (Å²) in [4.78, 5) is 38.4. The van der Waals surface area contributed by atoms with Crippen molar-refractivity contribution < 1.29 is 14.4 Å². The Morgan fingerprint density at radius 1 is 1.17 bits per heavy atom. The average Bonchev–Trinajstić information content (AvgIpc) is 2.82. The zero-order valence-electron chi connectivity index (χ0n) is 15.4. The van der Waals surface area contributed by atoms with Gasteiger partial charge in [0, 0.05) is 30.1 Å². The van der Waals surface area contributed by atoms with Crippen LogP contribution in [-0.4, -0.2) is 39.5 Å². The monoisotopic (exact) mass is 353 g/mol. The lowest BCUT2D eigenvalue weighted by molar-refractivity contribution is -0.139. The fourth-order valence-electron chi connectivity index (χ4n) is 3.69. The fraction of sp³-hybridized carbons (Fsp3) is 0.842. The number of hydrogen-bond acceptors (Lipinski definition) is 4. The van der Waals surface area contributed by atoms with Gasteiger partial charge in [-0.1, -0.05) is 27.7 Å². The summed E-state index contributed by atoms with van der Waals surface area (Å²) in [6, 6.07) is 0. The van der Waals surface area contributed by atoms with E-state index in [1.807, 2.05) is 13.8 Å². The highest BCUT2D eigenvalue weighted by Crippen LogP contribution is 2.34. The SMILES string of the molecule is CCC(C)SC1CC(=O)N(CC2CCC(C(=O)C(C)C)CC2)C1=O. The molecule has 0 radical (unpaired) electrons. The van der Waals surface area contributed by atoms with Crippen LogP contribution in [0.4, 0.5) is 0 Å². The van der Waals surface area contributed by atoms with Crippen molar-refractivity contribution >= 4 is 29.4 Å². The van der Waals surface area contributed by atoms with Crippen molar-refractivity contribution in [1.29, 1.82) is 0 Å². The predicted octanol–water partition coefficient (Wildman–Crippen LogP) is 3.68. The van der Waals surface area contributed by atoms with Gasteiger partial charge in [-0.2, -0.15) is 0 Å². The van der Waals surface area contributed by atoms with E-state index in [9.17, 15) is 14.4 Å². The minimum atomic E-state index is -0.189. The third-order valence-electron chi connectivity index (χ3n) is 5.43. The van der Waals surface area contributed by atoms with Gasteiger partial charge < -0.3 is 0 Å². The Hall–Kier alpha value is -0.840. The molecule has 0 aromatic rings. The molecule has 1 aliphatic carbocycles. The zero-order chi connectivity index (χ0) is 17.9. The molecule has 5 heteroatoms. The minimum absolute atomic E-state index is 0.00526. The van der Waals surface area contributed by atoms with E-state index >= 15 is 0 Å². The standard InChI is InChI=1S/C19H31NO3S/c1-5-13(4)24-16-10-17(21)20(19(16)23)11-14-6-8-15(9-7-14)18(22)12(2)3/h12-16H,5-11H2,1-4H3. The van der Waals surface area contributed by atoms with Crippen LogP contribution in [0.15, 0.2) is 0 Å². The van der Waals surface area contributed by atoms with E-state index in [1.165, 1.54) is 4.90 Å². The van der Waals surface area contributed by atoms with E-state index in [0.717, 1.165) is 32.1 Å². The van der Waals surface area contributed by atoms with Crippen LogP contribution in [0.5, 0.6) is 0 Å². The van der Waals surface area contributed by atoms with Gasteiger partial charge in [0.25, 0.3) is 0 Å². The maximum atomic E-state index is 12.5. The fourth-order valence-corrected chi connectivity index (χ4v) is 4.92. The summed E-state index contributed by atoms with van der Waals surface area (Å²) in [6.45, 7) is 8.69. The molecular weight excluding hydrogens is 322 g/mol. The van der Waals surface area contributed by atoms with E-state index < -0.39 is 0 Å². The Balaban J connectivity index is 1.85. The Kier molecular flexibility index (Phi) is 6.90.